The number of sulfone groups is 1. The molecule has 5 heteroatoms. The molecule has 0 aliphatic heterocycles. The zero-order chi connectivity index (χ0) is 11.6. The van der Waals surface area contributed by atoms with Crippen molar-refractivity contribution in [3.05, 3.63) is 28.2 Å². The molecule has 0 saturated heterocycles. The van der Waals surface area contributed by atoms with Gasteiger partial charge in [-0.05, 0) is 36.2 Å². The largest absolute Gasteiger partial charge is 0.330 e. The van der Waals surface area contributed by atoms with Gasteiger partial charge in [-0.2, -0.15) is 0 Å². The third kappa shape index (κ3) is 3.29. The molecule has 1 aromatic carbocycles. The Bertz CT molecular complexity index is 456. The highest BCUT2D eigenvalue weighted by atomic mass is 79.9. The minimum atomic E-state index is -3.16. The predicted molar refractivity (Wildman–Crippen MR) is 64.7 cm³/mol. The standard InChI is InChI=1S/C10H14BrNO2S/c1-7(6-12)8-3-9(11)5-10(4-8)15(2,13)14/h3-5,7H,6,12H2,1-2H3. The van der Waals surface area contributed by atoms with E-state index in [-0.39, 0.29) is 5.92 Å². The fourth-order valence-corrected chi connectivity index (χ4v) is 2.57. The van der Waals surface area contributed by atoms with E-state index in [0.717, 1.165) is 10.0 Å². The van der Waals surface area contributed by atoms with E-state index in [9.17, 15) is 8.42 Å². The molecule has 0 aliphatic rings. The van der Waals surface area contributed by atoms with Gasteiger partial charge in [0.2, 0.25) is 0 Å². The highest BCUT2D eigenvalue weighted by molar-refractivity contribution is 9.10. The quantitative estimate of drug-likeness (QED) is 0.925. The van der Waals surface area contributed by atoms with Crippen LogP contribution in [0.25, 0.3) is 0 Å². The van der Waals surface area contributed by atoms with Crippen molar-refractivity contribution >= 4 is 25.8 Å². The van der Waals surface area contributed by atoms with Crippen molar-refractivity contribution in [1.29, 1.82) is 0 Å². The van der Waals surface area contributed by atoms with E-state index in [1.54, 1.807) is 12.1 Å². The van der Waals surface area contributed by atoms with E-state index < -0.39 is 9.84 Å². The molecule has 0 aliphatic carbocycles. The van der Waals surface area contributed by atoms with Crippen molar-refractivity contribution in [1.82, 2.24) is 0 Å². The first-order valence-corrected chi connectivity index (χ1v) is 7.23. The third-order valence-corrected chi connectivity index (χ3v) is 3.79. The fraction of sp³-hybridized carbons (Fsp3) is 0.400. The van der Waals surface area contributed by atoms with Gasteiger partial charge >= 0.3 is 0 Å². The van der Waals surface area contributed by atoms with Crippen LogP contribution in [0.2, 0.25) is 0 Å². The Morgan fingerprint density at radius 2 is 2.00 bits per heavy atom. The minimum absolute atomic E-state index is 0.156. The summed E-state index contributed by atoms with van der Waals surface area (Å²) >= 11 is 3.30. The first-order chi connectivity index (χ1) is 6.84. The lowest BCUT2D eigenvalue weighted by molar-refractivity contribution is 0.601. The summed E-state index contributed by atoms with van der Waals surface area (Å²) in [5.74, 6) is 0.156. The van der Waals surface area contributed by atoms with Crippen molar-refractivity contribution in [2.45, 2.75) is 17.7 Å². The average Bonchev–Trinajstić information content (AvgIpc) is 2.14. The zero-order valence-corrected chi connectivity index (χ0v) is 11.1. The molecule has 0 bridgehead atoms. The Morgan fingerprint density at radius 1 is 1.40 bits per heavy atom. The van der Waals surface area contributed by atoms with Gasteiger partial charge in [-0.1, -0.05) is 22.9 Å². The smallest absolute Gasteiger partial charge is 0.175 e. The molecule has 1 rings (SSSR count). The summed E-state index contributed by atoms with van der Waals surface area (Å²) in [5, 5.41) is 0. The second kappa shape index (κ2) is 4.63. The lowest BCUT2D eigenvalue weighted by Gasteiger charge is -2.11. The molecular formula is C10H14BrNO2S. The number of halogens is 1. The second-order valence-electron chi connectivity index (χ2n) is 3.63. The first-order valence-electron chi connectivity index (χ1n) is 4.55. The number of nitrogens with two attached hydrogens (primary N) is 1. The molecule has 0 spiro atoms. The van der Waals surface area contributed by atoms with Crippen LogP contribution in [0.3, 0.4) is 0 Å². The van der Waals surface area contributed by atoms with Gasteiger partial charge in [0.05, 0.1) is 4.90 Å². The van der Waals surface area contributed by atoms with Gasteiger partial charge in [-0.15, -0.1) is 0 Å². The second-order valence-corrected chi connectivity index (χ2v) is 6.56. The summed E-state index contributed by atoms with van der Waals surface area (Å²) in [5.41, 5.74) is 6.49. The van der Waals surface area contributed by atoms with Gasteiger partial charge in [0, 0.05) is 10.7 Å². The average molecular weight is 292 g/mol. The lowest BCUT2D eigenvalue weighted by atomic mass is 10.0. The maximum atomic E-state index is 11.4. The van der Waals surface area contributed by atoms with E-state index in [2.05, 4.69) is 15.9 Å². The van der Waals surface area contributed by atoms with Crippen LogP contribution in [0.4, 0.5) is 0 Å². The number of hydrogen-bond acceptors (Lipinski definition) is 3. The highest BCUT2D eigenvalue weighted by Gasteiger charge is 2.12. The summed E-state index contributed by atoms with van der Waals surface area (Å²) in [7, 11) is -3.16. The van der Waals surface area contributed by atoms with E-state index in [1.165, 1.54) is 6.26 Å². The van der Waals surface area contributed by atoms with Crippen LogP contribution < -0.4 is 5.73 Å². The van der Waals surface area contributed by atoms with E-state index in [4.69, 9.17) is 5.73 Å². The van der Waals surface area contributed by atoms with E-state index >= 15 is 0 Å². The number of hydrogen-bond donors (Lipinski definition) is 1. The highest BCUT2D eigenvalue weighted by Crippen LogP contribution is 2.24. The molecule has 3 nitrogen and oxygen atoms in total. The minimum Gasteiger partial charge on any atom is -0.330 e. The topological polar surface area (TPSA) is 60.2 Å². The van der Waals surface area contributed by atoms with Gasteiger partial charge in [0.25, 0.3) is 0 Å². The Hall–Kier alpha value is -0.390. The Kier molecular flexibility index (Phi) is 3.92. The van der Waals surface area contributed by atoms with Crippen molar-refractivity contribution in [2.75, 3.05) is 12.8 Å². The number of benzene rings is 1. The van der Waals surface area contributed by atoms with E-state index in [0.29, 0.717) is 11.4 Å². The van der Waals surface area contributed by atoms with Crippen molar-refractivity contribution in [3.63, 3.8) is 0 Å². The van der Waals surface area contributed by atoms with Gasteiger partial charge in [-0.25, -0.2) is 8.42 Å². The summed E-state index contributed by atoms with van der Waals surface area (Å²) in [6.45, 7) is 2.47. The molecule has 0 amide bonds. The van der Waals surface area contributed by atoms with Crippen molar-refractivity contribution in [3.8, 4) is 0 Å². The first kappa shape index (κ1) is 12.7. The van der Waals surface area contributed by atoms with Gasteiger partial charge in [0.15, 0.2) is 9.84 Å². The van der Waals surface area contributed by atoms with Crippen LogP contribution in [0.15, 0.2) is 27.6 Å². The Labute approximate surface area is 98.7 Å². The molecule has 1 aromatic rings. The molecule has 1 unspecified atom stereocenters. The Morgan fingerprint density at radius 3 is 2.47 bits per heavy atom. The van der Waals surface area contributed by atoms with Gasteiger partial charge in [0.1, 0.15) is 0 Å². The monoisotopic (exact) mass is 291 g/mol. The molecule has 0 heterocycles. The molecule has 0 fully saturated rings. The molecule has 84 valence electrons. The van der Waals surface area contributed by atoms with Crippen LogP contribution in [0.5, 0.6) is 0 Å². The van der Waals surface area contributed by atoms with E-state index in [1.807, 2.05) is 13.0 Å². The molecule has 2 N–H and O–H groups in total. The maximum absolute atomic E-state index is 11.4. The Balaban J connectivity index is 3.29. The molecule has 0 aromatic heterocycles. The molecule has 0 saturated carbocycles. The van der Waals surface area contributed by atoms with Gasteiger partial charge in [-0.3, -0.25) is 0 Å². The van der Waals surface area contributed by atoms with Crippen molar-refractivity contribution in [2.24, 2.45) is 5.73 Å². The van der Waals surface area contributed by atoms with Gasteiger partial charge < -0.3 is 5.73 Å². The summed E-state index contributed by atoms with van der Waals surface area (Å²) in [6.07, 6.45) is 1.20. The molecular weight excluding hydrogens is 278 g/mol. The maximum Gasteiger partial charge on any atom is 0.175 e. The van der Waals surface area contributed by atoms with Crippen molar-refractivity contribution < 1.29 is 8.42 Å². The predicted octanol–water partition coefficient (Wildman–Crippen LogP) is 1.91. The lowest BCUT2D eigenvalue weighted by Crippen LogP contribution is -2.09. The van der Waals surface area contributed by atoms with Crippen LogP contribution in [0.1, 0.15) is 18.4 Å². The molecule has 15 heavy (non-hydrogen) atoms. The SMILES string of the molecule is CC(CN)c1cc(Br)cc(S(C)(=O)=O)c1. The normalized spacial score (nSPS) is 13.9. The van der Waals surface area contributed by atoms with Crippen LogP contribution in [0, 0.1) is 0 Å². The fourth-order valence-electron chi connectivity index (χ4n) is 1.22. The molecule has 0 radical (unpaired) electrons. The summed E-state index contributed by atoms with van der Waals surface area (Å²) < 4.78 is 23.6. The zero-order valence-electron chi connectivity index (χ0n) is 8.70. The van der Waals surface area contributed by atoms with Crippen LogP contribution in [-0.4, -0.2) is 21.2 Å². The third-order valence-electron chi connectivity index (χ3n) is 2.24. The van der Waals surface area contributed by atoms with Crippen LogP contribution >= 0.6 is 15.9 Å². The van der Waals surface area contributed by atoms with Crippen LogP contribution in [-0.2, 0) is 9.84 Å². The summed E-state index contributed by atoms with van der Waals surface area (Å²) in [4.78, 5) is 0.326. The molecule has 1 atom stereocenters. The number of rotatable bonds is 3. The summed E-state index contributed by atoms with van der Waals surface area (Å²) in [6, 6.07) is 5.17.